The van der Waals surface area contributed by atoms with Crippen molar-refractivity contribution in [1.82, 2.24) is 10.3 Å². The highest BCUT2D eigenvalue weighted by molar-refractivity contribution is 6.44. The smallest absolute Gasteiger partial charge is 0.389 e. The number of nitriles is 1. The van der Waals surface area contributed by atoms with E-state index in [9.17, 15) is 32.4 Å². The molecule has 0 radical (unpaired) electrons. The number of nitrogens with zero attached hydrogens (tertiary/aromatic N) is 2. The third-order valence-corrected chi connectivity index (χ3v) is 7.31. The molecule has 4 rings (SSSR count). The molecular weight excluding hydrogens is 597 g/mol. The molecule has 2 aromatic carbocycles. The highest BCUT2D eigenvalue weighted by atomic mass is 35.5. The van der Waals surface area contributed by atoms with Crippen LogP contribution in [0.25, 0.3) is 33.6 Å². The number of furan rings is 1. The van der Waals surface area contributed by atoms with Crippen molar-refractivity contribution < 1.29 is 31.6 Å². The van der Waals surface area contributed by atoms with Crippen LogP contribution in [-0.4, -0.2) is 29.9 Å². The van der Waals surface area contributed by atoms with Gasteiger partial charge in [0.25, 0.3) is 5.91 Å². The molecule has 0 aliphatic carbocycles. The van der Waals surface area contributed by atoms with Gasteiger partial charge in [0.1, 0.15) is 11.6 Å². The zero-order valence-corrected chi connectivity index (χ0v) is 24.1. The number of halogens is 6. The predicted molar refractivity (Wildman–Crippen MR) is 151 cm³/mol. The van der Waals surface area contributed by atoms with Crippen LogP contribution in [-0.2, 0) is 6.42 Å². The molecule has 42 heavy (non-hydrogen) atoms. The molecule has 0 fully saturated rings. The van der Waals surface area contributed by atoms with E-state index in [0.29, 0.717) is 5.56 Å². The Morgan fingerprint density at radius 1 is 1.07 bits per heavy atom. The Kier molecular flexibility index (Phi) is 8.67. The Morgan fingerprint density at radius 3 is 2.33 bits per heavy atom. The zero-order valence-electron chi connectivity index (χ0n) is 22.5. The fourth-order valence-corrected chi connectivity index (χ4v) is 4.83. The molecule has 0 atom stereocenters. The van der Waals surface area contributed by atoms with Crippen molar-refractivity contribution in [2.75, 3.05) is 7.05 Å². The Morgan fingerprint density at radius 2 is 1.74 bits per heavy atom. The summed E-state index contributed by atoms with van der Waals surface area (Å²) in [5.41, 5.74) is -0.418. The normalized spacial score (nSPS) is 11.9. The second kappa shape index (κ2) is 11.7. The summed E-state index contributed by atoms with van der Waals surface area (Å²) in [6.07, 6.45) is -6.46. The van der Waals surface area contributed by atoms with Gasteiger partial charge >= 0.3 is 6.18 Å². The third kappa shape index (κ3) is 6.58. The van der Waals surface area contributed by atoms with E-state index in [-0.39, 0.29) is 61.3 Å². The van der Waals surface area contributed by atoms with E-state index >= 15 is 0 Å². The molecule has 0 saturated carbocycles. The van der Waals surface area contributed by atoms with Crippen molar-refractivity contribution >= 4 is 46.0 Å². The van der Waals surface area contributed by atoms with Crippen LogP contribution in [0, 0.1) is 22.6 Å². The first-order valence-electron chi connectivity index (χ1n) is 12.6. The standard InChI is InChI=1S/C30H23Cl2F4N3O3/c1-29(2,14-37)13-23(40)19-10-16(11-21(31)25(19)32)18-12-20-24(27(41)38-3)26(15-4-6-17(33)7-5-15)42-28(20)39-22(18)8-9-30(34,35)36/h4-7,10-12H,8-9,13H2,1-3H3,(H,38,41). The number of rotatable bonds is 8. The topological polar surface area (TPSA) is 96.0 Å². The lowest BCUT2D eigenvalue weighted by molar-refractivity contribution is -0.134. The van der Waals surface area contributed by atoms with Gasteiger partial charge in [-0.05, 0) is 68.3 Å². The molecule has 218 valence electrons. The van der Waals surface area contributed by atoms with E-state index in [2.05, 4.69) is 10.3 Å². The molecule has 1 amide bonds. The Balaban J connectivity index is 1.99. The van der Waals surface area contributed by atoms with Crippen LogP contribution in [0.4, 0.5) is 17.6 Å². The van der Waals surface area contributed by atoms with Gasteiger partial charge in [0, 0.05) is 36.6 Å². The number of amides is 1. The van der Waals surface area contributed by atoms with Crippen LogP contribution in [0.5, 0.6) is 0 Å². The summed E-state index contributed by atoms with van der Waals surface area (Å²) in [7, 11) is 1.39. The van der Waals surface area contributed by atoms with Crippen LogP contribution >= 0.6 is 23.2 Å². The highest BCUT2D eigenvalue weighted by Crippen LogP contribution is 2.40. The van der Waals surface area contributed by atoms with Gasteiger partial charge in [0.15, 0.2) is 5.78 Å². The summed E-state index contributed by atoms with van der Waals surface area (Å²) in [6, 6.07) is 11.4. The zero-order chi connectivity index (χ0) is 31.0. The average molecular weight is 620 g/mol. The number of benzene rings is 2. The molecule has 6 nitrogen and oxygen atoms in total. The van der Waals surface area contributed by atoms with Crippen molar-refractivity contribution in [2.45, 2.75) is 39.3 Å². The summed E-state index contributed by atoms with van der Waals surface area (Å²) in [4.78, 5) is 30.5. The monoisotopic (exact) mass is 619 g/mol. The lowest BCUT2D eigenvalue weighted by atomic mass is 9.86. The van der Waals surface area contributed by atoms with Gasteiger partial charge in [-0.15, -0.1) is 0 Å². The van der Waals surface area contributed by atoms with E-state index in [1.807, 2.05) is 6.07 Å². The fraction of sp³-hybridized carbons (Fsp3) is 0.267. The number of Topliss-reactive ketones (excluding diaryl/α,β-unsaturated/α-hetero) is 1. The van der Waals surface area contributed by atoms with Crippen LogP contribution in [0.3, 0.4) is 0 Å². The Labute approximate surface area is 248 Å². The number of aromatic nitrogens is 1. The van der Waals surface area contributed by atoms with Crippen molar-refractivity contribution in [3.63, 3.8) is 0 Å². The number of ketones is 1. The minimum Gasteiger partial charge on any atom is -0.437 e. The minimum atomic E-state index is -4.51. The van der Waals surface area contributed by atoms with Crippen molar-refractivity contribution in [2.24, 2.45) is 5.41 Å². The number of aryl methyl sites for hydroxylation is 1. The summed E-state index contributed by atoms with van der Waals surface area (Å²) >= 11 is 12.7. The van der Waals surface area contributed by atoms with Gasteiger partial charge < -0.3 is 9.73 Å². The Bertz CT molecular complexity index is 1740. The van der Waals surface area contributed by atoms with E-state index in [0.717, 1.165) is 0 Å². The molecular formula is C30H23Cl2F4N3O3. The van der Waals surface area contributed by atoms with Gasteiger partial charge in [-0.1, -0.05) is 23.2 Å². The number of nitrogens with one attached hydrogen (secondary N) is 1. The van der Waals surface area contributed by atoms with E-state index < -0.39 is 41.9 Å². The molecule has 1 N–H and O–H groups in total. The maximum absolute atomic E-state index is 13.6. The number of fused-ring (bicyclic) bond motifs is 1. The molecule has 0 spiro atoms. The molecule has 0 unspecified atom stereocenters. The van der Waals surface area contributed by atoms with Crippen LogP contribution in [0.15, 0.2) is 46.9 Å². The van der Waals surface area contributed by atoms with E-state index in [4.69, 9.17) is 27.6 Å². The third-order valence-electron chi connectivity index (χ3n) is 6.51. The van der Waals surface area contributed by atoms with E-state index in [1.165, 1.54) is 49.5 Å². The molecule has 4 aromatic rings. The molecule has 12 heteroatoms. The average Bonchev–Trinajstić information content (AvgIpc) is 3.30. The van der Waals surface area contributed by atoms with Gasteiger partial charge in [-0.25, -0.2) is 9.37 Å². The second-order valence-electron chi connectivity index (χ2n) is 10.3. The number of pyridine rings is 1. The van der Waals surface area contributed by atoms with Crippen molar-refractivity contribution in [3.05, 3.63) is 75.1 Å². The number of hydrogen-bond acceptors (Lipinski definition) is 5. The van der Waals surface area contributed by atoms with Gasteiger partial charge in [0.2, 0.25) is 5.71 Å². The van der Waals surface area contributed by atoms with Crippen LogP contribution < -0.4 is 5.32 Å². The SMILES string of the molecule is CNC(=O)c1c(-c2ccc(F)cc2)oc2nc(CCC(F)(F)F)c(-c3cc(Cl)c(Cl)c(C(=O)CC(C)(C)C#N)c3)cc12. The maximum Gasteiger partial charge on any atom is 0.389 e. The highest BCUT2D eigenvalue weighted by Gasteiger charge is 2.30. The summed E-state index contributed by atoms with van der Waals surface area (Å²) in [5, 5.41) is 11.9. The molecule has 2 heterocycles. The molecule has 0 aliphatic heterocycles. The van der Waals surface area contributed by atoms with Crippen molar-refractivity contribution in [3.8, 4) is 28.5 Å². The predicted octanol–water partition coefficient (Wildman–Crippen LogP) is 8.58. The Hall–Kier alpha value is -3.94. The number of carbonyl (C=O) groups is 2. The first-order chi connectivity index (χ1) is 19.6. The first kappa shape index (κ1) is 31.0. The first-order valence-corrected chi connectivity index (χ1v) is 13.3. The van der Waals surface area contributed by atoms with E-state index in [1.54, 1.807) is 13.8 Å². The fourth-order valence-electron chi connectivity index (χ4n) is 4.40. The lowest BCUT2D eigenvalue weighted by Crippen LogP contribution is -2.18. The summed E-state index contributed by atoms with van der Waals surface area (Å²) < 4.78 is 59.4. The molecule has 0 bridgehead atoms. The molecule has 0 saturated heterocycles. The minimum absolute atomic E-state index is 0.0184. The number of alkyl halides is 3. The summed E-state index contributed by atoms with van der Waals surface area (Å²) in [6.45, 7) is 3.16. The molecule has 2 aromatic heterocycles. The van der Waals surface area contributed by atoms with Crippen LogP contribution in [0.2, 0.25) is 10.0 Å². The largest absolute Gasteiger partial charge is 0.437 e. The van der Waals surface area contributed by atoms with Crippen LogP contribution in [0.1, 0.15) is 53.1 Å². The number of carbonyl (C=O) groups excluding carboxylic acids is 2. The number of hydrogen-bond donors (Lipinski definition) is 1. The quantitative estimate of drug-likeness (QED) is 0.157. The summed E-state index contributed by atoms with van der Waals surface area (Å²) in [5.74, 6) is -1.55. The van der Waals surface area contributed by atoms with Gasteiger partial charge in [0.05, 0.1) is 38.2 Å². The van der Waals surface area contributed by atoms with Crippen molar-refractivity contribution in [1.29, 1.82) is 5.26 Å². The maximum atomic E-state index is 13.6. The van der Waals surface area contributed by atoms with Gasteiger partial charge in [-0.2, -0.15) is 18.4 Å². The van der Waals surface area contributed by atoms with Gasteiger partial charge in [-0.3, -0.25) is 9.59 Å². The lowest BCUT2D eigenvalue weighted by Gasteiger charge is -2.16. The second-order valence-corrected chi connectivity index (χ2v) is 11.0. The molecule has 0 aliphatic rings.